The third-order valence-electron chi connectivity index (χ3n) is 7.12. The fourth-order valence-electron chi connectivity index (χ4n) is 4.80. The minimum absolute atomic E-state index is 0.138. The molecule has 0 saturated heterocycles. The lowest BCUT2D eigenvalue weighted by Crippen LogP contribution is -2.32. The first-order valence-corrected chi connectivity index (χ1v) is 13.2. The zero-order chi connectivity index (χ0) is 25.4. The molecule has 0 fully saturated rings. The molecule has 2 heterocycles. The van der Waals surface area contributed by atoms with Gasteiger partial charge in [0.15, 0.2) is 0 Å². The Balaban J connectivity index is 1.33. The first kappa shape index (κ1) is 24.3. The largest absolute Gasteiger partial charge is 0.457 e. The molecule has 1 amide bonds. The number of hydrogen-bond acceptors (Lipinski definition) is 5. The Morgan fingerprint density at radius 2 is 1.81 bits per heavy atom. The first-order valence-electron chi connectivity index (χ1n) is 12.4. The minimum atomic E-state index is -0.698. The second-order valence-corrected chi connectivity index (χ2v) is 11.6. The molecule has 5 rings (SSSR count). The monoisotopic (exact) mass is 501 g/mol. The lowest BCUT2D eigenvalue weighted by atomic mass is 9.72. The second-order valence-electron chi connectivity index (χ2n) is 10.6. The van der Waals surface area contributed by atoms with Gasteiger partial charge in [0, 0.05) is 10.6 Å². The van der Waals surface area contributed by atoms with Crippen LogP contribution in [0.3, 0.4) is 0 Å². The van der Waals surface area contributed by atoms with Crippen LogP contribution in [-0.2, 0) is 17.6 Å². The maximum atomic E-state index is 13.5. The lowest BCUT2D eigenvalue weighted by molar-refractivity contribution is -0.118. The van der Waals surface area contributed by atoms with Crippen molar-refractivity contribution in [3.63, 3.8) is 0 Å². The number of thiophene rings is 1. The van der Waals surface area contributed by atoms with E-state index in [1.807, 2.05) is 30.3 Å². The molecule has 0 radical (unpaired) electrons. The number of carbonyl (C=O) groups excluding carboxylic acids is 1. The molecule has 0 spiro atoms. The van der Waals surface area contributed by atoms with Crippen LogP contribution in [0.4, 0.5) is 5.69 Å². The molecule has 186 valence electrons. The van der Waals surface area contributed by atoms with E-state index in [4.69, 9.17) is 4.74 Å². The van der Waals surface area contributed by atoms with Crippen LogP contribution in [0.25, 0.3) is 10.2 Å². The number of amides is 1. The zero-order valence-corrected chi connectivity index (χ0v) is 21.9. The zero-order valence-electron chi connectivity index (χ0n) is 21.1. The van der Waals surface area contributed by atoms with Gasteiger partial charge in [-0.2, -0.15) is 0 Å². The van der Waals surface area contributed by atoms with Crippen molar-refractivity contribution in [1.82, 2.24) is 9.55 Å². The number of para-hydroxylation sites is 1. The molecule has 1 N–H and O–H groups in total. The number of nitrogens with one attached hydrogen (secondary N) is 1. The van der Waals surface area contributed by atoms with E-state index in [0.717, 1.165) is 35.4 Å². The standard InChI is InChI=1S/C29H31N3O3S/c1-18(26(33)31-20-11-13-22(14-12-20)35-21-8-6-5-7-9-21)32-17-30-27-25(28(32)34)23-15-10-19(29(2,3)4)16-24(23)36-27/h5-9,11-14,17-19H,10,15-16H2,1-4H3,(H,31,33). The van der Waals surface area contributed by atoms with Crippen LogP contribution in [-0.4, -0.2) is 15.5 Å². The highest BCUT2D eigenvalue weighted by atomic mass is 32.1. The highest BCUT2D eigenvalue weighted by molar-refractivity contribution is 7.18. The molecule has 1 aliphatic carbocycles. The van der Waals surface area contributed by atoms with Crippen molar-refractivity contribution in [2.75, 3.05) is 5.32 Å². The summed E-state index contributed by atoms with van der Waals surface area (Å²) in [5.41, 5.74) is 1.86. The maximum Gasteiger partial charge on any atom is 0.263 e. The summed E-state index contributed by atoms with van der Waals surface area (Å²) in [5.74, 6) is 1.74. The van der Waals surface area contributed by atoms with Gasteiger partial charge in [0.1, 0.15) is 22.4 Å². The van der Waals surface area contributed by atoms with Crippen molar-refractivity contribution >= 4 is 33.1 Å². The van der Waals surface area contributed by atoms with E-state index in [1.54, 1.807) is 42.5 Å². The second kappa shape index (κ2) is 9.54. The quantitative estimate of drug-likeness (QED) is 0.334. The summed E-state index contributed by atoms with van der Waals surface area (Å²) in [4.78, 5) is 33.1. The lowest BCUT2D eigenvalue weighted by Gasteiger charge is -2.33. The molecular weight excluding hydrogens is 470 g/mol. The summed E-state index contributed by atoms with van der Waals surface area (Å²) in [6, 6.07) is 16.0. The average Bonchev–Trinajstić information content (AvgIpc) is 3.24. The number of ether oxygens (including phenoxy) is 1. The highest BCUT2D eigenvalue weighted by Crippen LogP contribution is 2.42. The summed E-state index contributed by atoms with van der Waals surface area (Å²) in [6.45, 7) is 8.58. The molecule has 0 aliphatic heterocycles. The van der Waals surface area contributed by atoms with Crippen LogP contribution in [0, 0.1) is 11.3 Å². The number of rotatable bonds is 5. The van der Waals surface area contributed by atoms with E-state index >= 15 is 0 Å². The highest BCUT2D eigenvalue weighted by Gasteiger charge is 2.32. The molecule has 0 bridgehead atoms. The predicted octanol–water partition coefficient (Wildman–Crippen LogP) is 6.60. The first-order chi connectivity index (χ1) is 17.2. The van der Waals surface area contributed by atoms with Gasteiger partial charge in [-0.15, -0.1) is 11.3 Å². The van der Waals surface area contributed by atoms with Crippen LogP contribution in [0.15, 0.2) is 65.7 Å². The topological polar surface area (TPSA) is 73.2 Å². The number of aromatic nitrogens is 2. The van der Waals surface area contributed by atoms with Crippen molar-refractivity contribution in [3.05, 3.63) is 81.7 Å². The summed E-state index contributed by atoms with van der Waals surface area (Å²) in [6.07, 6.45) is 4.45. The average molecular weight is 502 g/mol. The number of hydrogen-bond donors (Lipinski definition) is 1. The van der Waals surface area contributed by atoms with Crippen LogP contribution >= 0.6 is 11.3 Å². The fourth-order valence-corrected chi connectivity index (χ4v) is 6.06. The summed E-state index contributed by atoms with van der Waals surface area (Å²) in [5, 5.41) is 3.59. The molecule has 7 heteroatoms. The molecule has 6 nitrogen and oxygen atoms in total. The van der Waals surface area contributed by atoms with Crippen molar-refractivity contribution in [3.8, 4) is 11.5 Å². The van der Waals surface area contributed by atoms with Crippen LogP contribution in [0.2, 0.25) is 0 Å². The number of aryl methyl sites for hydroxylation is 1. The fraction of sp³-hybridized carbons (Fsp3) is 0.345. The van der Waals surface area contributed by atoms with Gasteiger partial charge in [-0.05, 0) is 79.5 Å². The van der Waals surface area contributed by atoms with Gasteiger partial charge in [0.25, 0.3) is 5.56 Å². The van der Waals surface area contributed by atoms with E-state index in [1.165, 1.54) is 15.8 Å². The van der Waals surface area contributed by atoms with Gasteiger partial charge in [-0.3, -0.25) is 14.2 Å². The Labute approximate surface area is 215 Å². The van der Waals surface area contributed by atoms with Crippen molar-refractivity contribution in [1.29, 1.82) is 0 Å². The van der Waals surface area contributed by atoms with Crippen molar-refractivity contribution < 1.29 is 9.53 Å². The molecular formula is C29H31N3O3S. The Kier molecular flexibility index (Phi) is 6.43. The molecule has 4 aromatic rings. The van der Waals surface area contributed by atoms with Gasteiger partial charge in [0.05, 0.1) is 11.7 Å². The summed E-state index contributed by atoms with van der Waals surface area (Å²) in [7, 11) is 0. The number of fused-ring (bicyclic) bond motifs is 3. The van der Waals surface area contributed by atoms with Crippen LogP contribution in [0.5, 0.6) is 11.5 Å². The van der Waals surface area contributed by atoms with Crippen LogP contribution in [0.1, 0.15) is 50.6 Å². The molecule has 2 atom stereocenters. The smallest absolute Gasteiger partial charge is 0.263 e. The molecule has 2 unspecified atom stereocenters. The van der Waals surface area contributed by atoms with E-state index in [9.17, 15) is 9.59 Å². The number of benzene rings is 2. The Bertz CT molecular complexity index is 1450. The third-order valence-corrected chi connectivity index (χ3v) is 8.28. The van der Waals surface area contributed by atoms with Crippen molar-refractivity contribution in [2.24, 2.45) is 11.3 Å². The number of anilines is 1. The van der Waals surface area contributed by atoms with E-state index in [2.05, 4.69) is 31.1 Å². The van der Waals surface area contributed by atoms with Gasteiger partial charge < -0.3 is 10.1 Å². The Hall–Kier alpha value is -3.45. The van der Waals surface area contributed by atoms with Crippen molar-refractivity contribution in [2.45, 2.75) is 53.0 Å². The minimum Gasteiger partial charge on any atom is -0.457 e. The number of nitrogens with zero attached hydrogens (tertiary/aromatic N) is 2. The molecule has 2 aromatic heterocycles. The van der Waals surface area contributed by atoms with Crippen LogP contribution < -0.4 is 15.6 Å². The normalized spacial score (nSPS) is 16.4. The SMILES string of the molecule is CC(C(=O)Nc1ccc(Oc2ccccc2)cc1)n1cnc2sc3c(c2c1=O)CCC(C(C)(C)C)C3. The number of carbonyl (C=O) groups is 1. The molecule has 36 heavy (non-hydrogen) atoms. The van der Waals surface area contributed by atoms with Gasteiger partial charge in [-0.25, -0.2) is 4.98 Å². The van der Waals surface area contributed by atoms with Gasteiger partial charge in [-0.1, -0.05) is 39.0 Å². The molecule has 0 saturated carbocycles. The van der Waals surface area contributed by atoms with Gasteiger partial charge >= 0.3 is 0 Å². The van der Waals surface area contributed by atoms with E-state index in [0.29, 0.717) is 22.7 Å². The maximum absolute atomic E-state index is 13.5. The van der Waals surface area contributed by atoms with Gasteiger partial charge in [0.2, 0.25) is 5.91 Å². The third kappa shape index (κ3) is 4.80. The summed E-state index contributed by atoms with van der Waals surface area (Å²) < 4.78 is 7.26. The summed E-state index contributed by atoms with van der Waals surface area (Å²) >= 11 is 1.63. The molecule has 1 aliphatic rings. The Morgan fingerprint density at radius 1 is 1.11 bits per heavy atom. The van der Waals surface area contributed by atoms with E-state index < -0.39 is 6.04 Å². The Morgan fingerprint density at radius 3 is 2.50 bits per heavy atom. The molecule has 2 aromatic carbocycles. The predicted molar refractivity (Wildman–Crippen MR) is 145 cm³/mol. The van der Waals surface area contributed by atoms with E-state index in [-0.39, 0.29) is 16.9 Å².